The van der Waals surface area contributed by atoms with E-state index in [1.165, 1.54) is 5.56 Å². The van der Waals surface area contributed by atoms with E-state index in [0.717, 1.165) is 41.8 Å². The summed E-state index contributed by atoms with van der Waals surface area (Å²) in [4.78, 5) is 15.2. The molecule has 31 heavy (non-hydrogen) atoms. The number of hydrogen-bond donors (Lipinski definition) is 1. The van der Waals surface area contributed by atoms with Gasteiger partial charge in [-0.1, -0.05) is 67.6 Å². The quantitative estimate of drug-likeness (QED) is 0.543. The Morgan fingerprint density at radius 3 is 2.42 bits per heavy atom. The van der Waals surface area contributed by atoms with Gasteiger partial charge in [0.1, 0.15) is 5.75 Å². The first-order valence-electron chi connectivity index (χ1n) is 10.8. The summed E-state index contributed by atoms with van der Waals surface area (Å²) in [7, 11) is 5.75. The van der Waals surface area contributed by atoms with Crippen molar-refractivity contribution < 1.29 is 9.53 Å². The summed E-state index contributed by atoms with van der Waals surface area (Å²) in [6.45, 7) is 2.88. The molecule has 0 heterocycles. The van der Waals surface area contributed by atoms with Crippen LogP contribution in [0, 0.1) is 0 Å². The van der Waals surface area contributed by atoms with Crippen molar-refractivity contribution in [3.63, 3.8) is 0 Å². The number of hydrogen-bond acceptors (Lipinski definition) is 3. The van der Waals surface area contributed by atoms with Gasteiger partial charge in [-0.05, 0) is 55.8 Å². The topological polar surface area (TPSA) is 41.6 Å². The summed E-state index contributed by atoms with van der Waals surface area (Å²) in [5.74, 6) is 0.812. The van der Waals surface area contributed by atoms with Crippen molar-refractivity contribution in [2.24, 2.45) is 0 Å². The molecule has 1 N–H and O–H groups in total. The van der Waals surface area contributed by atoms with Gasteiger partial charge in [0.25, 0.3) is 5.91 Å². The van der Waals surface area contributed by atoms with Gasteiger partial charge in [0.15, 0.2) is 0 Å². The third kappa shape index (κ3) is 5.96. The number of methoxy groups -OCH3 is 1. The van der Waals surface area contributed by atoms with Crippen LogP contribution >= 0.6 is 0 Å². The fourth-order valence-corrected chi connectivity index (χ4v) is 3.93. The molecule has 4 nitrogen and oxygen atoms in total. The highest BCUT2D eigenvalue weighted by Gasteiger charge is 2.17. The van der Waals surface area contributed by atoms with Gasteiger partial charge < -0.3 is 15.0 Å². The molecule has 1 atom stereocenters. The van der Waals surface area contributed by atoms with Crippen molar-refractivity contribution in [3.05, 3.63) is 89.5 Å². The molecule has 0 aliphatic heterocycles. The first-order valence-corrected chi connectivity index (χ1v) is 10.8. The number of carbonyl (C=O) groups is 1. The fourth-order valence-electron chi connectivity index (χ4n) is 3.93. The van der Waals surface area contributed by atoms with Crippen LogP contribution < -0.4 is 10.1 Å². The van der Waals surface area contributed by atoms with E-state index in [4.69, 9.17) is 4.74 Å². The number of amides is 1. The fraction of sp³-hybridized carbons (Fsp3) is 0.296. The SMILES string of the molecule is CCc1cccc(-c2cccc(C(=O)N[C@H](Cc3ccccc3)CN(C)C)c2)c1OC. The Morgan fingerprint density at radius 1 is 1.00 bits per heavy atom. The van der Waals surface area contributed by atoms with E-state index < -0.39 is 0 Å². The van der Waals surface area contributed by atoms with Crippen LogP contribution in [-0.2, 0) is 12.8 Å². The molecule has 0 saturated carbocycles. The Morgan fingerprint density at radius 2 is 1.74 bits per heavy atom. The normalized spacial score (nSPS) is 11.9. The number of carbonyl (C=O) groups excluding carboxylic acids is 1. The van der Waals surface area contributed by atoms with Gasteiger partial charge in [-0.3, -0.25) is 4.79 Å². The lowest BCUT2D eigenvalue weighted by atomic mass is 9.98. The van der Waals surface area contributed by atoms with Crippen LogP contribution in [0.1, 0.15) is 28.4 Å². The molecule has 0 fully saturated rings. The predicted octanol–water partition coefficient (Wildman–Crippen LogP) is 4.83. The molecule has 1 amide bonds. The molecule has 0 saturated heterocycles. The van der Waals surface area contributed by atoms with Gasteiger partial charge in [-0.2, -0.15) is 0 Å². The Balaban J connectivity index is 1.83. The lowest BCUT2D eigenvalue weighted by molar-refractivity contribution is 0.0930. The maximum atomic E-state index is 13.1. The molecule has 4 heteroatoms. The minimum Gasteiger partial charge on any atom is -0.496 e. The zero-order valence-electron chi connectivity index (χ0n) is 18.9. The monoisotopic (exact) mass is 416 g/mol. The summed E-state index contributed by atoms with van der Waals surface area (Å²) >= 11 is 0. The number of ether oxygens (including phenoxy) is 1. The van der Waals surface area contributed by atoms with E-state index in [1.807, 2.05) is 68.7 Å². The molecule has 162 valence electrons. The lowest BCUT2D eigenvalue weighted by Gasteiger charge is -2.23. The highest BCUT2D eigenvalue weighted by molar-refractivity contribution is 5.96. The van der Waals surface area contributed by atoms with Crippen LogP contribution in [0.2, 0.25) is 0 Å². The first kappa shape index (κ1) is 22.6. The van der Waals surface area contributed by atoms with Gasteiger partial charge in [-0.15, -0.1) is 0 Å². The second-order valence-corrected chi connectivity index (χ2v) is 8.05. The highest BCUT2D eigenvalue weighted by Crippen LogP contribution is 2.33. The molecule has 0 aliphatic carbocycles. The van der Waals surface area contributed by atoms with Crippen molar-refractivity contribution in [2.45, 2.75) is 25.8 Å². The standard InChI is InChI=1S/C27H32N2O2/c1-5-21-13-10-16-25(26(21)31-4)22-14-9-15-23(18-22)27(30)28-24(19-29(2)3)17-20-11-7-6-8-12-20/h6-16,18,24H,5,17,19H2,1-4H3,(H,28,30)/t24-/m1/s1. The molecular weight excluding hydrogens is 384 g/mol. The van der Waals surface area contributed by atoms with E-state index >= 15 is 0 Å². The molecule has 0 bridgehead atoms. The highest BCUT2D eigenvalue weighted by atomic mass is 16.5. The first-order chi connectivity index (χ1) is 15.0. The van der Waals surface area contributed by atoms with Crippen molar-refractivity contribution >= 4 is 5.91 Å². The molecule has 0 unspecified atom stereocenters. The Hall–Kier alpha value is -3.11. The molecule has 0 aliphatic rings. The van der Waals surface area contributed by atoms with Crippen molar-refractivity contribution in [1.29, 1.82) is 0 Å². The Kier molecular flexibility index (Phi) is 7.85. The van der Waals surface area contributed by atoms with Gasteiger partial charge in [-0.25, -0.2) is 0 Å². The summed E-state index contributed by atoms with van der Waals surface area (Å²) in [5, 5.41) is 3.23. The zero-order chi connectivity index (χ0) is 22.2. The molecule has 3 rings (SSSR count). The lowest BCUT2D eigenvalue weighted by Crippen LogP contribution is -2.43. The van der Waals surface area contributed by atoms with E-state index in [2.05, 4.69) is 35.3 Å². The van der Waals surface area contributed by atoms with E-state index in [-0.39, 0.29) is 11.9 Å². The van der Waals surface area contributed by atoms with Crippen molar-refractivity contribution in [3.8, 4) is 16.9 Å². The largest absolute Gasteiger partial charge is 0.496 e. The Bertz CT molecular complexity index is 999. The van der Waals surface area contributed by atoms with E-state index in [1.54, 1.807) is 7.11 Å². The van der Waals surface area contributed by atoms with Gasteiger partial charge in [0.2, 0.25) is 0 Å². The van der Waals surface area contributed by atoms with Gasteiger partial charge in [0, 0.05) is 23.7 Å². The van der Waals surface area contributed by atoms with E-state index in [9.17, 15) is 4.79 Å². The summed E-state index contributed by atoms with van der Waals surface area (Å²) in [5.41, 5.74) is 5.00. The van der Waals surface area contributed by atoms with Gasteiger partial charge in [0.05, 0.1) is 7.11 Å². The number of likely N-dealkylation sites (N-methyl/N-ethyl adjacent to an activating group) is 1. The second kappa shape index (κ2) is 10.8. The number of para-hydroxylation sites is 1. The number of nitrogens with one attached hydrogen (secondary N) is 1. The molecule has 0 radical (unpaired) electrons. The van der Waals surface area contributed by atoms with Gasteiger partial charge >= 0.3 is 0 Å². The van der Waals surface area contributed by atoms with Crippen LogP contribution in [0.25, 0.3) is 11.1 Å². The average molecular weight is 417 g/mol. The molecule has 3 aromatic carbocycles. The number of nitrogens with zero attached hydrogens (tertiary/aromatic N) is 1. The van der Waals surface area contributed by atoms with Crippen LogP contribution in [0.3, 0.4) is 0 Å². The number of aryl methyl sites for hydroxylation is 1. The van der Waals surface area contributed by atoms with Crippen LogP contribution in [-0.4, -0.2) is 44.6 Å². The minimum atomic E-state index is -0.0600. The maximum absolute atomic E-state index is 13.1. The third-order valence-corrected chi connectivity index (χ3v) is 5.36. The smallest absolute Gasteiger partial charge is 0.251 e. The van der Waals surface area contributed by atoms with Crippen LogP contribution in [0.5, 0.6) is 5.75 Å². The summed E-state index contributed by atoms with van der Waals surface area (Å²) < 4.78 is 5.69. The number of benzene rings is 3. The van der Waals surface area contributed by atoms with E-state index in [0.29, 0.717) is 5.56 Å². The second-order valence-electron chi connectivity index (χ2n) is 8.05. The Labute approximate surface area is 185 Å². The summed E-state index contributed by atoms with van der Waals surface area (Å²) in [6.07, 6.45) is 1.68. The maximum Gasteiger partial charge on any atom is 0.251 e. The van der Waals surface area contributed by atoms with Crippen molar-refractivity contribution in [2.75, 3.05) is 27.7 Å². The average Bonchev–Trinajstić information content (AvgIpc) is 2.78. The van der Waals surface area contributed by atoms with Crippen LogP contribution in [0.4, 0.5) is 0 Å². The van der Waals surface area contributed by atoms with Crippen LogP contribution in [0.15, 0.2) is 72.8 Å². The molecule has 0 aromatic heterocycles. The van der Waals surface area contributed by atoms with Crippen molar-refractivity contribution in [1.82, 2.24) is 10.2 Å². The molecule has 3 aromatic rings. The number of rotatable bonds is 9. The predicted molar refractivity (Wildman–Crippen MR) is 128 cm³/mol. The molecular formula is C27H32N2O2. The molecule has 0 spiro atoms. The third-order valence-electron chi connectivity index (χ3n) is 5.36. The summed E-state index contributed by atoms with van der Waals surface area (Å²) in [6, 6.07) is 24.2. The zero-order valence-corrected chi connectivity index (χ0v) is 18.9. The minimum absolute atomic E-state index is 0.0199.